The summed E-state index contributed by atoms with van der Waals surface area (Å²) in [6.45, 7) is 4.77. The fourth-order valence-electron chi connectivity index (χ4n) is 1.89. The minimum atomic E-state index is -0.122. The summed E-state index contributed by atoms with van der Waals surface area (Å²) < 4.78 is 0. The quantitative estimate of drug-likeness (QED) is 0.725. The summed E-state index contributed by atoms with van der Waals surface area (Å²) in [6, 6.07) is 1.89. The molecule has 0 spiro atoms. The molecule has 74 valence electrons. The van der Waals surface area contributed by atoms with Crippen LogP contribution in [0.15, 0.2) is 12.3 Å². The average Bonchev–Trinajstić information content (AvgIpc) is 2.52. The van der Waals surface area contributed by atoms with Crippen LogP contribution in [0.5, 0.6) is 0 Å². The lowest BCUT2D eigenvalue weighted by atomic mass is 10.0. The third-order valence-corrected chi connectivity index (χ3v) is 2.64. The van der Waals surface area contributed by atoms with Crippen LogP contribution in [-0.4, -0.2) is 17.3 Å². The second kappa shape index (κ2) is 3.50. The standard InChI is InChI=1S/C11H14N2O/c1-7-5-8(2)13-6-9(7)11-10(14)3-4-12-11/h5-6,11-12H,3-4H2,1-2H3. The van der Waals surface area contributed by atoms with Crippen LogP contribution in [-0.2, 0) is 4.79 Å². The summed E-state index contributed by atoms with van der Waals surface area (Å²) in [7, 11) is 0. The van der Waals surface area contributed by atoms with Gasteiger partial charge in [-0.15, -0.1) is 0 Å². The van der Waals surface area contributed by atoms with Gasteiger partial charge in [-0.25, -0.2) is 0 Å². The fourth-order valence-corrected chi connectivity index (χ4v) is 1.89. The Kier molecular flexibility index (Phi) is 2.33. The van der Waals surface area contributed by atoms with E-state index in [1.54, 1.807) is 0 Å². The zero-order valence-corrected chi connectivity index (χ0v) is 8.50. The molecule has 14 heavy (non-hydrogen) atoms. The molecule has 0 saturated carbocycles. The van der Waals surface area contributed by atoms with E-state index in [2.05, 4.69) is 10.3 Å². The van der Waals surface area contributed by atoms with Crippen molar-refractivity contribution in [3.8, 4) is 0 Å². The third-order valence-electron chi connectivity index (χ3n) is 2.64. The van der Waals surface area contributed by atoms with Crippen molar-refractivity contribution in [1.29, 1.82) is 0 Å². The number of hydrogen-bond donors (Lipinski definition) is 1. The number of carbonyl (C=O) groups is 1. The average molecular weight is 190 g/mol. The first kappa shape index (κ1) is 9.34. The Morgan fingerprint density at radius 2 is 2.29 bits per heavy atom. The van der Waals surface area contributed by atoms with Crippen molar-refractivity contribution in [3.63, 3.8) is 0 Å². The van der Waals surface area contributed by atoms with Crippen molar-refractivity contribution < 1.29 is 4.79 Å². The van der Waals surface area contributed by atoms with Crippen LogP contribution in [0.1, 0.15) is 29.3 Å². The molecule has 1 saturated heterocycles. The van der Waals surface area contributed by atoms with Crippen molar-refractivity contribution >= 4 is 5.78 Å². The summed E-state index contributed by atoms with van der Waals surface area (Å²) in [4.78, 5) is 15.7. The van der Waals surface area contributed by atoms with Crippen molar-refractivity contribution in [1.82, 2.24) is 10.3 Å². The van der Waals surface area contributed by atoms with E-state index in [0.717, 1.165) is 23.4 Å². The van der Waals surface area contributed by atoms with Crippen molar-refractivity contribution in [3.05, 3.63) is 29.1 Å². The van der Waals surface area contributed by atoms with Gasteiger partial charge >= 0.3 is 0 Å². The van der Waals surface area contributed by atoms with Gasteiger partial charge in [0.1, 0.15) is 0 Å². The topological polar surface area (TPSA) is 42.0 Å². The SMILES string of the molecule is Cc1cc(C)c(C2NCCC2=O)cn1. The highest BCUT2D eigenvalue weighted by Crippen LogP contribution is 2.22. The molecule has 1 aliphatic heterocycles. The minimum Gasteiger partial charge on any atom is -0.303 e. The Bertz CT molecular complexity index is 374. The van der Waals surface area contributed by atoms with Gasteiger partial charge in [-0.2, -0.15) is 0 Å². The highest BCUT2D eigenvalue weighted by Gasteiger charge is 2.26. The largest absolute Gasteiger partial charge is 0.303 e. The molecule has 2 rings (SSSR count). The summed E-state index contributed by atoms with van der Waals surface area (Å²) in [5.74, 6) is 0.277. The van der Waals surface area contributed by atoms with Crippen LogP contribution in [0, 0.1) is 13.8 Å². The van der Waals surface area contributed by atoms with Crippen molar-refractivity contribution in [2.75, 3.05) is 6.54 Å². The Hall–Kier alpha value is -1.22. The zero-order valence-electron chi connectivity index (χ0n) is 8.50. The monoisotopic (exact) mass is 190 g/mol. The Morgan fingerprint density at radius 1 is 1.50 bits per heavy atom. The number of ketones is 1. The number of pyridine rings is 1. The molecule has 0 aromatic carbocycles. The molecule has 1 aromatic heterocycles. The molecule has 1 N–H and O–H groups in total. The van der Waals surface area contributed by atoms with E-state index in [1.165, 1.54) is 0 Å². The van der Waals surface area contributed by atoms with Crippen LogP contribution in [0.3, 0.4) is 0 Å². The Balaban J connectivity index is 2.36. The van der Waals surface area contributed by atoms with E-state index < -0.39 is 0 Å². The number of carbonyl (C=O) groups excluding carboxylic acids is 1. The number of aryl methyl sites for hydroxylation is 2. The lowest BCUT2D eigenvalue weighted by molar-refractivity contribution is -0.118. The van der Waals surface area contributed by atoms with Gasteiger partial charge in [0.05, 0.1) is 6.04 Å². The van der Waals surface area contributed by atoms with Crippen LogP contribution < -0.4 is 5.32 Å². The van der Waals surface area contributed by atoms with Gasteiger partial charge in [-0.05, 0) is 31.0 Å². The van der Waals surface area contributed by atoms with Gasteiger partial charge < -0.3 is 5.32 Å². The first-order valence-corrected chi connectivity index (χ1v) is 4.88. The minimum absolute atomic E-state index is 0.122. The molecule has 1 fully saturated rings. The van der Waals surface area contributed by atoms with E-state index in [0.29, 0.717) is 6.42 Å². The fraction of sp³-hybridized carbons (Fsp3) is 0.455. The molecule has 3 nitrogen and oxygen atoms in total. The van der Waals surface area contributed by atoms with Gasteiger partial charge in [0.15, 0.2) is 5.78 Å². The smallest absolute Gasteiger partial charge is 0.155 e. The molecule has 1 atom stereocenters. The van der Waals surface area contributed by atoms with E-state index >= 15 is 0 Å². The van der Waals surface area contributed by atoms with Gasteiger partial charge in [-0.1, -0.05) is 0 Å². The van der Waals surface area contributed by atoms with Crippen molar-refractivity contribution in [2.24, 2.45) is 0 Å². The Morgan fingerprint density at radius 3 is 2.86 bits per heavy atom. The molecular weight excluding hydrogens is 176 g/mol. The predicted octanol–water partition coefficient (Wildman–Crippen LogP) is 1.30. The lowest BCUT2D eigenvalue weighted by Gasteiger charge is -2.12. The first-order valence-electron chi connectivity index (χ1n) is 4.88. The van der Waals surface area contributed by atoms with Crippen LogP contribution in [0.2, 0.25) is 0 Å². The van der Waals surface area contributed by atoms with Crippen LogP contribution in [0.25, 0.3) is 0 Å². The molecule has 0 radical (unpaired) electrons. The first-order chi connectivity index (χ1) is 6.68. The summed E-state index contributed by atoms with van der Waals surface area (Å²) >= 11 is 0. The maximum atomic E-state index is 11.5. The number of nitrogens with zero attached hydrogens (tertiary/aromatic N) is 1. The van der Waals surface area contributed by atoms with E-state index in [4.69, 9.17) is 0 Å². The maximum Gasteiger partial charge on any atom is 0.155 e. The molecular formula is C11H14N2O. The molecule has 2 heterocycles. The highest BCUT2D eigenvalue weighted by molar-refractivity contribution is 5.87. The molecule has 0 bridgehead atoms. The molecule has 3 heteroatoms. The predicted molar refractivity (Wildman–Crippen MR) is 54.1 cm³/mol. The normalized spacial score (nSPS) is 21.6. The van der Waals surface area contributed by atoms with Gasteiger partial charge in [0, 0.05) is 24.9 Å². The van der Waals surface area contributed by atoms with Crippen LogP contribution >= 0.6 is 0 Å². The third kappa shape index (κ3) is 1.55. The Labute approximate surface area is 83.5 Å². The van der Waals surface area contributed by atoms with E-state index in [-0.39, 0.29) is 11.8 Å². The number of nitrogens with one attached hydrogen (secondary N) is 1. The zero-order chi connectivity index (χ0) is 10.1. The van der Waals surface area contributed by atoms with E-state index in [9.17, 15) is 4.79 Å². The van der Waals surface area contributed by atoms with Crippen LogP contribution in [0.4, 0.5) is 0 Å². The maximum absolute atomic E-state index is 11.5. The van der Waals surface area contributed by atoms with Gasteiger partial charge in [-0.3, -0.25) is 9.78 Å². The van der Waals surface area contributed by atoms with E-state index in [1.807, 2.05) is 26.1 Å². The summed E-state index contributed by atoms with van der Waals surface area (Å²) in [5.41, 5.74) is 3.17. The molecule has 0 amide bonds. The lowest BCUT2D eigenvalue weighted by Crippen LogP contribution is -2.19. The summed E-state index contributed by atoms with van der Waals surface area (Å²) in [5, 5.41) is 3.19. The number of Topliss-reactive ketones (excluding diaryl/α,β-unsaturated/α-hetero) is 1. The van der Waals surface area contributed by atoms with Crippen molar-refractivity contribution in [2.45, 2.75) is 26.3 Å². The molecule has 0 aliphatic carbocycles. The molecule has 1 unspecified atom stereocenters. The highest BCUT2D eigenvalue weighted by atomic mass is 16.1. The molecule has 1 aromatic rings. The number of aromatic nitrogens is 1. The van der Waals surface area contributed by atoms with Gasteiger partial charge in [0.2, 0.25) is 0 Å². The molecule has 1 aliphatic rings. The second-order valence-electron chi connectivity index (χ2n) is 3.79. The van der Waals surface area contributed by atoms with Gasteiger partial charge in [0.25, 0.3) is 0 Å². The summed E-state index contributed by atoms with van der Waals surface area (Å²) in [6.07, 6.45) is 2.45. The number of hydrogen-bond acceptors (Lipinski definition) is 3. The second-order valence-corrected chi connectivity index (χ2v) is 3.79. The number of rotatable bonds is 1.